The van der Waals surface area contributed by atoms with Gasteiger partial charge in [0.15, 0.2) is 16.7 Å². The third kappa shape index (κ3) is 3.29. The molecule has 8 nitrogen and oxygen atoms in total. The van der Waals surface area contributed by atoms with Gasteiger partial charge in [0.25, 0.3) is 5.79 Å². The van der Waals surface area contributed by atoms with Gasteiger partial charge < -0.3 is 34.3 Å². The van der Waals surface area contributed by atoms with Crippen LogP contribution in [0.1, 0.15) is 13.8 Å². The van der Waals surface area contributed by atoms with E-state index in [4.69, 9.17) is 53.8 Å². The van der Waals surface area contributed by atoms with Gasteiger partial charge in [0.05, 0.1) is 12.5 Å². The Labute approximate surface area is 147 Å². The molecule has 1 unspecified atom stereocenters. The molecule has 0 amide bonds. The molecule has 5 atom stereocenters. The molecular weight excluding hydrogens is 378 g/mol. The number of alkyl halides is 3. The van der Waals surface area contributed by atoms with E-state index >= 15 is 0 Å². The number of aliphatic hydroxyl groups is 2. The van der Waals surface area contributed by atoms with Crippen LogP contribution in [0.25, 0.3) is 0 Å². The monoisotopic (exact) mass is 394 g/mol. The number of hydrogen-bond acceptors (Lipinski definition) is 7. The van der Waals surface area contributed by atoms with Crippen molar-refractivity contribution in [1.29, 1.82) is 0 Å². The van der Waals surface area contributed by atoms with Gasteiger partial charge in [0.2, 0.25) is 5.79 Å². The summed E-state index contributed by atoms with van der Waals surface area (Å²) in [6.45, 7) is 2.27. The number of carboxylic acids is 1. The zero-order valence-electron chi connectivity index (χ0n) is 12.2. The molecular formula is C12H17Cl3O8. The average Bonchev–Trinajstić information content (AvgIpc) is 2.95. The van der Waals surface area contributed by atoms with Crippen LogP contribution in [-0.2, 0) is 23.7 Å². The lowest BCUT2D eigenvalue weighted by molar-refractivity contribution is -0.242. The molecule has 0 aromatic carbocycles. The molecule has 134 valence electrons. The summed E-state index contributed by atoms with van der Waals surface area (Å²) >= 11 is 17.4. The molecule has 0 saturated carbocycles. The molecule has 2 aliphatic heterocycles. The summed E-state index contributed by atoms with van der Waals surface area (Å²) in [5.74, 6) is -7.76. The van der Waals surface area contributed by atoms with Gasteiger partial charge in [0.1, 0.15) is 12.2 Å². The summed E-state index contributed by atoms with van der Waals surface area (Å²) < 4.78 is 21.6. The summed E-state index contributed by atoms with van der Waals surface area (Å²) in [5.41, 5.74) is 0. The smallest absolute Gasteiger partial charge is 0.367 e. The molecule has 2 fully saturated rings. The van der Waals surface area contributed by atoms with Crippen LogP contribution >= 0.6 is 34.8 Å². The minimum absolute atomic E-state index is 0.292. The largest absolute Gasteiger partial charge is 0.477 e. The van der Waals surface area contributed by atoms with Gasteiger partial charge in [-0.3, -0.25) is 0 Å². The highest BCUT2D eigenvalue weighted by Crippen LogP contribution is 2.45. The molecule has 2 rings (SSSR count). The summed E-state index contributed by atoms with van der Waals surface area (Å²) in [5, 5.41) is 29.1. The van der Waals surface area contributed by atoms with Crippen molar-refractivity contribution in [3.8, 4) is 0 Å². The van der Waals surface area contributed by atoms with Crippen molar-refractivity contribution >= 4 is 40.8 Å². The molecule has 0 radical (unpaired) electrons. The minimum Gasteiger partial charge on any atom is -0.477 e. The molecule has 0 bridgehead atoms. The second kappa shape index (κ2) is 6.44. The van der Waals surface area contributed by atoms with Crippen LogP contribution in [0.4, 0.5) is 0 Å². The highest BCUT2D eigenvalue weighted by Gasteiger charge is 2.66. The summed E-state index contributed by atoms with van der Waals surface area (Å²) in [6, 6.07) is 0. The van der Waals surface area contributed by atoms with E-state index in [0.717, 1.165) is 0 Å². The fraction of sp³-hybridized carbons (Fsp3) is 0.917. The molecule has 0 aromatic rings. The molecule has 0 aliphatic carbocycles. The first kappa shape index (κ1) is 19.4. The van der Waals surface area contributed by atoms with Gasteiger partial charge in [0, 0.05) is 0 Å². The number of rotatable bonds is 5. The van der Waals surface area contributed by atoms with E-state index in [0.29, 0.717) is 0 Å². The Bertz CT molecular complexity index is 475. The predicted octanol–water partition coefficient (Wildman–Crippen LogP) is 0.426. The van der Waals surface area contributed by atoms with Crippen LogP contribution in [0, 0.1) is 0 Å². The molecule has 0 aromatic heterocycles. The van der Waals surface area contributed by atoms with Gasteiger partial charge >= 0.3 is 5.97 Å². The summed E-state index contributed by atoms with van der Waals surface area (Å²) in [7, 11) is 0. The lowest BCUT2D eigenvalue weighted by Crippen LogP contribution is -2.55. The molecule has 2 heterocycles. The topological polar surface area (TPSA) is 115 Å². The van der Waals surface area contributed by atoms with Crippen molar-refractivity contribution in [3.05, 3.63) is 0 Å². The molecule has 2 saturated heterocycles. The third-order valence-corrected chi connectivity index (χ3v) is 4.59. The van der Waals surface area contributed by atoms with E-state index in [2.05, 4.69) is 0 Å². The van der Waals surface area contributed by atoms with E-state index in [1.807, 2.05) is 0 Å². The number of ether oxygens (including phenoxy) is 4. The summed E-state index contributed by atoms with van der Waals surface area (Å²) in [4.78, 5) is 10.2. The molecule has 23 heavy (non-hydrogen) atoms. The second-order valence-corrected chi connectivity index (χ2v) is 7.07. The van der Waals surface area contributed by atoms with E-state index in [9.17, 15) is 20.1 Å². The van der Waals surface area contributed by atoms with E-state index in [1.54, 1.807) is 0 Å². The Kier molecular flexibility index (Phi) is 5.44. The highest BCUT2D eigenvalue weighted by molar-refractivity contribution is 6.45. The van der Waals surface area contributed by atoms with Crippen molar-refractivity contribution in [2.45, 2.75) is 54.4 Å². The normalized spacial score (nSPS) is 43.2. The standard InChI is InChI=1S/C12H17Cl3O8/c1-10(2)22-7(12(19,23-10)9(17)18)6-5(3-16)20-11(4-13,21-6)8(14)15/h5-8,16,19H,3-4H2,1-2H3,(H,17,18)/t5-,6-,7+,11?,12-/m1/s1. The quantitative estimate of drug-likeness (QED) is 0.574. The Morgan fingerprint density at radius 2 is 1.87 bits per heavy atom. The van der Waals surface area contributed by atoms with Gasteiger partial charge in [-0.15, -0.1) is 11.6 Å². The minimum atomic E-state index is -2.71. The lowest BCUT2D eigenvalue weighted by atomic mass is 10.0. The fourth-order valence-corrected chi connectivity index (χ4v) is 3.38. The Morgan fingerprint density at radius 3 is 2.30 bits per heavy atom. The van der Waals surface area contributed by atoms with Crippen LogP contribution < -0.4 is 0 Å². The molecule has 3 N–H and O–H groups in total. The fourth-order valence-electron chi connectivity index (χ4n) is 2.58. The number of carboxylic acid groups (broad SMARTS) is 1. The highest BCUT2D eigenvalue weighted by atomic mass is 35.5. The molecule has 0 spiro atoms. The SMILES string of the molecule is CC1(C)O[C@@H]([C@@H]2OC(CCl)(C(Cl)Cl)O[C@@H]2CO)[C@](O)(C(=O)O)O1. The van der Waals surface area contributed by atoms with Crippen molar-refractivity contribution < 1.29 is 39.1 Å². The number of aliphatic hydroxyl groups excluding tert-OH is 1. The van der Waals surface area contributed by atoms with Gasteiger partial charge in [-0.2, -0.15) is 0 Å². The lowest BCUT2D eigenvalue weighted by Gasteiger charge is -2.29. The van der Waals surface area contributed by atoms with Crippen LogP contribution in [0.15, 0.2) is 0 Å². The maximum Gasteiger partial charge on any atom is 0.367 e. The first-order valence-electron chi connectivity index (χ1n) is 6.65. The maximum atomic E-state index is 11.4. The Balaban J connectivity index is 2.37. The zero-order valence-corrected chi connectivity index (χ0v) is 14.5. The van der Waals surface area contributed by atoms with E-state index < -0.39 is 53.1 Å². The summed E-state index contributed by atoms with van der Waals surface area (Å²) in [6.07, 6.45) is -3.83. The first-order valence-corrected chi connectivity index (χ1v) is 8.06. The second-order valence-electron chi connectivity index (χ2n) is 5.71. The number of aliphatic carboxylic acids is 1. The van der Waals surface area contributed by atoms with Gasteiger partial charge in [-0.05, 0) is 13.8 Å². The van der Waals surface area contributed by atoms with E-state index in [1.165, 1.54) is 13.8 Å². The number of hydrogen-bond donors (Lipinski definition) is 3. The van der Waals surface area contributed by atoms with Crippen LogP contribution in [-0.4, -0.2) is 74.3 Å². The predicted molar refractivity (Wildman–Crippen MR) is 78.4 cm³/mol. The van der Waals surface area contributed by atoms with Crippen LogP contribution in [0.2, 0.25) is 0 Å². The third-order valence-electron chi connectivity index (χ3n) is 3.55. The molecule has 2 aliphatic rings. The maximum absolute atomic E-state index is 11.4. The van der Waals surface area contributed by atoms with Crippen molar-refractivity contribution in [1.82, 2.24) is 0 Å². The Hall–Kier alpha value is 0.1000. The molecule has 11 heteroatoms. The number of carbonyl (C=O) groups is 1. The van der Waals surface area contributed by atoms with Crippen molar-refractivity contribution in [2.24, 2.45) is 0 Å². The first-order chi connectivity index (χ1) is 10.5. The van der Waals surface area contributed by atoms with Gasteiger partial charge in [-0.25, -0.2) is 4.79 Å². The van der Waals surface area contributed by atoms with E-state index in [-0.39, 0.29) is 5.88 Å². The van der Waals surface area contributed by atoms with Crippen LogP contribution in [0.3, 0.4) is 0 Å². The van der Waals surface area contributed by atoms with Crippen LogP contribution in [0.5, 0.6) is 0 Å². The zero-order chi connectivity index (χ0) is 17.6. The van der Waals surface area contributed by atoms with Gasteiger partial charge in [-0.1, -0.05) is 23.2 Å². The van der Waals surface area contributed by atoms with Crippen molar-refractivity contribution in [3.63, 3.8) is 0 Å². The van der Waals surface area contributed by atoms with Crippen molar-refractivity contribution in [2.75, 3.05) is 12.5 Å². The average molecular weight is 396 g/mol. The number of halogens is 3. The Morgan fingerprint density at radius 1 is 1.26 bits per heavy atom.